The van der Waals surface area contributed by atoms with Crippen molar-refractivity contribution in [2.75, 3.05) is 5.32 Å². The molecular weight excluding hydrogens is 359 g/mol. The zero-order valence-electron chi connectivity index (χ0n) is 12.3. The fourth-order valence-corrected chi connectivity index (χ4v) is 2.36. The third kappa shape index (κ3) is 4.16. The van der Waals surface area contributed by atoms with Crippen molar-refractivity contribution in [1.29, 1.82) is 0 Å². The molecule has 0 radical (unpaired) electrons. The van der Waals surface area contributed by atoms with Crippen LogP contribution >= 0.6 is 11.6 Å². The van der Waals surface area contributed by atoms with Crippen molar-refractivity contribution in [3.63, 3.8) is 0 Å². The number of hydrogen-bond acceptors (Lipinski definition) is 4. The van der Waals surface area contributed by atoms with Crippen LogP contribution in [0.25, 0.3) is 10.9 Å². The number of alkyl halides is 3. The summed E-state index contributed by atoms with van der Waals surface area (Å²) in [5.41, 5.74) is 0.962. The largest absolute Gasteiger partial charge is 0.574 e. The van der Waals surface area contributed by atoms with E-state index >= 15 is 0 Å². The second kappa shape index (κ2) is 6.56. The Hall–Kier alpha value is -2.87. The number of anilines is 1. The van der Waals surface area contributed by atoms with Crippen molar-refractivity contribution >= 4 is 34.1 Å². The van der Waals surface area contributed by atoms with E-state index in [9.17, 15) is 18.0 Å². The number of carbonyl (C=O) groups is 1. The van der Waals surface area contributed by atoms with Crippen LogP contribution in [-0.2, 0) is 0 Å². The molecule has 3 rings (SSSR count). The maximum absolute atomic E-state index is 12.3. The molecule has 2 aromatic heterocycles. The number of nitrogens with zero attached hydrogens (tertiary/aromatic N) is 2. The highest BCUT2D eigenvalue weighted by atomic mass is 35.5. The zero-order chi connectivity index (χ0) is 18.0. The molecule has 0 unspecified atom stereocenters. The van der Waals surface area contributed by atoms with Crippen LogP contribution in [-0.4, -0.2) is 22.2 Å². The average Bonchev–Trinajstić information content (AvgIpc) is 2.54. The second-order valence-corrected chi connectivity index (χ2v) is 5.32. The molecule has 3 aromatic rings. The summed E-state index contributed by atoms with van der Waals surface area (Å²) in [6.45, 7) is 0. The van der Waals surface area contributed by atoms with Crippen molar-refractivity contribution in [3.05, 3.63) is 59.4 Å². The molecule has 0 fully saturated rings. The Labute approximate surface area is 144 Å². The normalized spacial score (nSPS) is 11.4. The first kappa shape index (κ1) is 17.0. The zero-order valence-corrected chi connectivity index (χ0v) is 13.1. The van der Waals surface area contributed by atoms with Crippen LogP contribution < -0.4 is 10.1 Å². The fourth-order valence-electron chi connectivity index (χ4n) is 2.10. The molecule has 5 nitrogen and oxygen atoms in total. The predicted octanol–water partition coefficient (Wildman–Crippen LogP) is 4.43. The Morgan fingerprint density at radius 1 is 1.16 bits per heavy atom. The summed E-state index contributed by atoms with van der Waals surface area (Å²) in [7, 11) is 0. The standard InChI is InChI=1S/C16H9ClF3N3O2/c17-12-6-9-2-1-5-21-13(9)7-11(12)15(24)23-10-3-4-14(22-8-10)25-16(18,19)20/h1-8H,(H,23,24). The number of ether oxygens (including phenoxy) is 1. The van der Waals surface area contributed by atoms with Crippen LogP contribution in [0.2, 0.25) is 5.02 Å². The quantitative estimate of drug-likeness (QED) is 0.743. The Morgan fingerprint density at radius 2 is 1.96 bits per heavy atom. The third-order valence-corrected chi connectivity index (χ3v) is 3.46. The van der Waals surface area contributed by atoms with Gasteiger partial charge in [-0.1, -0.05) is 17.7 Å². The Bertz CT molecular complexity index is 930. The first-order valence-electron chi connectivity index (χ1n) is 6.89. The lowest BCUT2D eigenvalue weighted by Crippen LogP contribution is -2.18. The van der Waals surface area contributed by atoms with Crippen molar-refractivity contribution in [2.24, 2.45) is 0 Å². The fraction of sp³-hybridized carbons (Fsp3) is 0.0625. The molecule has 0 aliphatic carbocycles. The lowest BCUT2D eigenvalue weighted by Gasteiger charge is -2.10. The first-order chi connectivity index (χ1) is 11.8. The van der Waals surface area contributed by atoms with E-state index in [2.05, 4.69) is 20.0 Å². The second-order valence-electron chi connectivity index (χ2n) is 4.92. The van der Waals surface area contributed by atoms with Crippen molar-refractivity contribution < 1.29 is 22.7 Å². The number of hydrogen-bond donors (Lipinski definition) is 1. The van der Waals surface area contributed by atoms with E-state index in [0.29, 0.717) is 5.52 Å². The van der Waals surface area contributed by atoms with E-state index in [1.54, 1.807) is 24.4 Å². The third-order valence-electron chi connectivity index (χ3n) is 3.15. The van der Waals surface area contributed by atoms with Crippen LogP contribution in [0.15, 0.2) is 48.8 Å². The molecule has 0 aliphatic rings. The molecule has 0 bridgehead atoms. The van der Waals surface area contributed by atoms with Gasteiger partial charge in [-0.15, -0.1) is 13.2 Å². The number of fused-ring (bicyclic) bond motifs is 1. The average molecular weight is 368 g/mol. The topological polar surface area (TPSA) is 64.1 Å². The molecule has 0 atom stereocenters. The number of benzene rings is 1. The molecule has 0 spiro atoms. The smallest absolute Gasteiger partial charge is 0.388 e. The van der Waals surface area contributed by atoms with Crippen LogP contribution in [0, 0.1) is 0 Å². The molecule has 9 heteroatoms. The number of nitrogens with one attached hydrogen (secondary N) is 1. The van der Waals surface area contributed by atoms with Gasteiger partial charge in [-0.2, -0.15) is 0 Å². The maximum Gasteiger partial charge on any atom is 0.574 e. The Morgan fingerprint density at radius 3 is 2.64 bits per heavy atom. The van der Waals surface area contributed by atoms with Gasteiger partial charge in [-0.25, -0.2) is 4.98 Å². The van der Waals surface area contributed by atoms with Crippen molar-refractivity contribution in [1.82, 2.24) is 9.97 Å². The molecule has 2 heterocycles. The highest BCUT2D eigenvalue weighted by Gasteiger charge is 2.31. The van der Waals surface area contributed by atoms with Crippen LogP contribution in [0.3, 0.4) is 0 Å². The Kier molecular flexibility index (Phi) is 4.45. The number of rotatable bonds is 3. The molecule has 25 heavy (non-hydrogen) atoms. The van der Waals surface area contributed by atoms with Gasteiger partial charge in [-0.3, -0.25) is 9.78 Å². The van der Waals surface area contributed by atoms with Gasteiger partial charge in [0.2, 0.25) is 5.88 Å². The summed E-state index contributed by atoms with van der Waals surface area (Å²) in [4.78, 5) is 20.0. The van der Waals surface area contributed by atoms with Crippen molar-refractivity contribution in [3.8, 4) is 5.88 Å². The van der Waals surface area contributed by atoms with E-state index in [4.69, 9.17) is 11.6 Å². The van der Waals surface area contributed by atoms with Crippen molar-refractivity contribution in [2.45, 2.75) is 6.36 Å². The van der Waals surface area contributed by atoms with Gasteiger partial charge in [0, 0.05) is 17.6 Å². The summed E-state index contributed by atoms with van der Waals surface area (Å²) in [6, 6.07) is 8.92. The van der Waals surface area contributed by atoms with Gasteiger partial charge in [0.25, 0.3) is 5.91 Å². The van der Waals surface area contributed by atoms with E-state index in [1.807, 2.05) is 0 Å². The van der Waals surface area contributed by atoms with Gasteiger partial charge in [-0.05, 0) is 24.3 Å². The minimum atomic E-state index is -4.83. The van der Waals surface area contributed by atoms with E-state index in [-0.39, 0.29) is 16.3 Å². The number of aromatic nitrogens is 2. The SMILES string of the molecule is O=C(Nc1ccc(OC(F)(F)F)nc1)c1cc2ncccc2cc1Cl. The number of amides is 1. The van der Waals surface area contributed by atoms with Gasteiger partial charge >= 0.3 is 6.36 Å². The molecule has 0 saturated heterocycles. The lowest BCUT2D eigenvalue weighted by molar-refractivity contribution is -0.276. The van der Waals surface area contributed by atoms with Crippen LogP contribution in [0.1, 0.15) is 10.4 Å². The molecule has 1 aromatic carbocycles. The van der Waals surface area contributed by atoms with E-state index in [1.165, 1.54) is 12.1 Å². The molecule has 128 valence electrons. The summed E-state index contributed by atoms with van der Waals surface area (Å²) < 4.78 is 39.9. The van der Waals surface area contributed by atoms with Gasteiger partial charge in [0.15, 0.2) is 0 Å². The highest BCUT2D eigenvalue weighted by molar-refractivity contribution is 6.35. The molecule has 1 amide bonds. The van der Waals surface area contributed by atoms with Gasteiger partial charge in [0.05, 0.1) is 28.0 Å². The van der Waals surface area contributed by atoms with E-state index < -0.39 is 18.1 Å². The summed E-state index contributed by atoms with van der Waals surface area (Å²) in [5.74, 6) is -1.16. The molecule has 1 N–H and O–H groups in total. The summed E-state index contributed by atoms with van der Waals surface area (Å²) in [6.07, 6.45) is -2.20. The van der Waals surface area contributed by atoms with Crippen LogP contribution in [0.5, 0.6) is 5.88 Å². The van der Waals surface area contributed by atoms with Gasteiger partial charge in [0.1, 0.15) is 0 Å². The summed E-state index contributed by atoms with van der Waals surface area (Å²) in [5, 5.41) is 3.51. The minimum Gasteiger partial charge on any atom is -0.388 e. The van der Waals surface area contributed by atoms with Gasteiger partial charge < -0.3 is 10.1 Å². The molecule has 0 saturated carbocycles. The monoisotopic (exact) mass is 367 g/mol. The predicted molar refractivity (Wildman–Crippen MR) is 85.6 cm³/mol. The number of halogens is 4. The number of pyridine rings is 2. The first-order valence-corrected chi connectivity index (χ1v) is 7.27. The lowest BCUT2D eigenvalue weighted by atomic mass is 10.1. The highest BCUT2D eigenvalue weighted by Crippen LogP contribution is 2.25. The van der Waals surface area contributed by atoms with E-state index in [0.717, 1.165) is 17.6 Å². The molecular formula is C16H9ClF3N3O2. The Balaban J connectivity index is 1.79. The van der Waals surface area contributed by atoms with Crippen LogP contribution in [0.4, 0.5) is 18.9 Å². The maximum atomic E-state index is 12.3. The minimum absolute atomic E-state index is 0.184. The summed E-state index contributed by atoms with van der Waals surface area (Å²) >= 11 is 6.11. The number of carbonyl (C=O) groups excluding carboxylic acids is 1. The molecule has 0 aliphatic heterocycles.